The van der Waals surface area contributed by atoms with Gasteiger partial charge >= 0.3 is 0 Å². The molecule has 2 rings (SSSR count). The van der Waals surface area contributed by atoms with E-state index in [1.807, 2.05) is 13.2 Å². The second kappa shape index (κ2) is 4.39. The molecule has 90 valence electrons. The number of ether oxygens (including phenoxy) is 2. The van der Waals surface area contributed by atoms with Gasteiger partial charge in [-0.1, -0.05) is 19.1 Å². The highest BCUT2D eigenvalue weighted by atomic mass is 16.7. The minimum Gasteiger partial charge on any atom is -0.370 e. The molecule has 0 atom stereocenters. The maximum absolute atomic E-state index is 5.61. The Kier molecular flexibility index (Phi) is 3.11. The molecule has 0 bridgehead atoms. The Balaban J connectivity index is 1.87. The Labute approximate surface area is 94.9 Å². The summed E-state index contributed by atoms with van der Waals surface area (Å²) >= 11 is 0. The second-order valence-electron chi connectivity index (χ2n) is 4.79. The number of hydrogen-bond donors (Lipinski definition) is 1. The highest BCUT2D eigenvalue weighted by Crippen LogP contribution is 2.23. The lowest BCUT2D eigenvalue weighted by atomic mass is 9.96. The molecular weight excluding hydrogens is 208 g/mol. The van der Waals surface area contributed by atoms with Gasteiger partial charge in [0.15, 0.2) is 12.1 Å². The van der Waals surface area contributed by atoms with Crippen molar-refractivity contribution in [3.05, 3.63) is 6.20 Å². The van der Waals surface area contributed by atoms with Crippen molar-refractivity contribution in [3.63, 3.8) is 0 Å². The van der Waals surface area contributed by atoms with Gasteiger partial charge in [0.2, 0.25) is 0 Å². The molecule has 1 aromatic rings. The molecule has 1 aromatic heterocycles. The molecule has 2 heterocycles. The lowest BCUT2D eigenvalue weighted by Crippen LogP contribution is -2.39. The zero-order valence-electron chi connectivity index (χ0n) is 9.93. The van der Waals surface area contributed by atoms with Crippen LogP contribution in [0.15, 0.2) is 6.20 Å². The smallest absolute Gasteiger partial charge is 0.177 e. The Morgan fingerprint density at radius 3 is 2.75 bits per heavy atom. The molecule has 0 radical (unpaired) electrons. The van der Waals surface area contributed by atoms with Crippen LogP contribution in [0.1, 0.15) is 13.8 Å². The summed E-state index contributed by atoms with van der Waals surface area (Å²) in [6, 6.07) is 0. The summed E-state index contributed by atoms with van der Waals surface area (Å²) < 4.78 is 12.9. The molecule has 0 unspecified atom stereocenters. The van der Waals surface area contributed by atoms with Gasteiger partial charge in [-0.25, -0.2) is 4.68 Å². The van der Waals surface area contributed by atoms with E-state index in [9.17, 15) is 0 Å². The summed E-state index contributed by atoms with van der Waals surface area (Å²) in [5, 5.41) is 10.8. The molecule has 1 saturated heterocycles. The van der Waals surface area contributed by atoms with Crippen molar-refractivity contribution < 1.29 is 9.47 Å². The zero-order chi connectivity index (χ0) is 11.6. The first-order chi connectivity index (χ1) is 7.59. The lowest BCUT2D eigenvalue weighted by molar-refractivity contribution is -0.227. The molecular formula is C10H18N4O2. The van der Waals surface area contributed by atoms with E-state index in [-0.39, 0.29) is 11.7 Å². The van der Waals surface area contributed by atoms with Crippen LogP contribution in [0.5, 0.6) is 0 Å². The zero-order valence-corrected chi connectivity index (χ0v) is 9.93. The van der Waals surface area contributed by atoms with Gasteiger partial charge in [0.25, 0.3) is 0 Å². The Hall–Kier alpha value is -1.14. The van der Waals surface area contributed by atoms with E-state index in [1.54, 1.807) is 4.68 Å². The fourth-order valence-corrected chi connectivity index (χ4v) is 1.49. The average Bonchev–Trinajstić information content (AvgIpc) is 2.69. The fourth-order valence-electron chi connectivity index (χ4n) is 1.49. The largest absolute Gasteiger partial charge is 0.370 e. The molecule has 16 heavy (non-hydrogen) atoms. The average molecular weight is 226 g/mol. The number of nitrogens with one attached hydrogen (secondary N) is 1. The molecule has 1 aliphatic rings. The van der Waals surface area contributed by atoms with E-state index in [1.165, 1.54) is 0 Å². The van der Waals surface area contributed by atoms with E-state index < -0.39 is 0 Å². The molecule has 6 heteroatoms. The Bertz CT molecular complexity index is 340. The van der Waals surface area contributed by atoms with Crippen LogP contribution in [0.2, 0.25) is 0 Å². The monoisotopic (exact) mass is 226 g/mol. The predicted octanol–water partition coefficient (Wildman–Crippen LogP) is 0.719. The topological polar surface area (TPSA) is 61.2 Å². The van der Waals surface area contributed by atoms with Gasteiger partial charge in [-0.3, -0.25) is 0 Å². The highest BCUT2D eigenvalue weighted by Gasteiger charge is 2.28. The molecule has 0 spiro atoms. The van der Waals surface area contributed by atoms with Gasteiger partial charge in [-0.15, -0.1) is 5.10 Å². The molecule has 1 aliphatic heterocycles. The second-order valence-corrected chi connectivity index (χ2v) is 4.79. The highest BCUT2D eigenvalue weighted by molar-refractivity contribution is 5.27. The number of hydrogen-bond acceptors (Lipinski definition) is 5. The van der Waals surface area contributed by atoms with Crippen LogP contribution >= 0.6 is 0 Å². The molecule has 1 fully saturated rings. The summed E-state index contributed by atoms with van der Waals surface area (Å²) in [5.74, 6) is 0.746. The summed E-state index contributed by atoms with van der Waals surface area (Å²) in [4.78, 5) is 0. The Morgan fingerprint density at radius 1 is 1.50 bits per heavy atom. The van der Waals surface area contributed by atoms with Crippen LogP contribution in [0.3, 0.4) is 0 Å². The van der Waals surface area contributed by atoms with Crippen LogP contribution in [-0.2, 0) is 16.0 Å². The normalized spacial score (nSPS) is 20.9. The summed E-state index contributed by atoms with van der Waals surface area (Å²) in [7, 11) is 1.81. The van der Waals surface area contributed by atoms with Crippen LogP contribution in [0, 0.1) is 5.41 Å². The quantitative estimate of drug-likeness (QED) is 0.822. The van der Waals surface area contributed by atoms with Gasteiger partial charge < -0.3 is 14.8 Å². The van der Waals surface area contributed by atoms with Crippen molar-refractivity contribution in [2.45, 2.75) is 26.7 Å². The molecule has 0 saturated carbocycles. The molecule has 0 amide bonds. The first kappa shape index (κ1) is 11.3. The summed E-state index contributed by atoms with van der Waals surface area (Å²) in [6.07, 6.45) is 1.60. The standard InChI is InChI=1S/C10H18N4O2/c1-10(2)6-15-9(16-7-10)5-14-4-8(11-3)12-13-14/h4,9,11H,5-7H2,1-3H3. The summed E-state index contributed by atoms with van der Waals surface area (Å²) in [6.45, 7) is 6.25. The number of aromatic nitrogens is 3. The lowest BCUT2D eigenvalue weighted by Gasteiger charge is -2.34. The van der Waals surface area contributed by atoms with E-state index in [2.05, 4.69) is 29.5 Å². The van der Waals surface area contributed by atoms with Crippen molar-refractivity contribution >= 4 is 5.82 Å². The van der Waals surface area contributed by atoms with Crippen LogP contribution < -0.4 is 5.32 Å². The van der Waals surface area contributed by atoms with Gasteiger partial charge in [0.1, 0.15) is 0 Å². The molecule has 6 nitrogen and oxygen atoms in total. The van der Waals surface area contributed by atoms with Crippen molar-refractivity contribution in [3.8, 4) is 0 Å². The van der Waals surface area contributed by atoms with Crippen molar-refractivity contribution in [1.82, 2.24) is 15.0 Å². The number of nitrogens with zero attached hydrogens (tertiary/aromatic N) is 3. The van der Waals surface area contributed by atoms with E-state index >= 15 is 0 Å². The van der Waals surface area contributed by atoms with E-state index in [0.29, 0.717) is 19.8 Å². The molecule has 0 aliphatic carbocycles. The minimum atomic E-state index is -0.223. The minimum absolute atomic E-state index is 0.106. The van der Waals surface area contributed by atoms with Crippen LogP contribution in [0.25, 0.3) is 0 Å². The third kappa shape index (κ3) is 2.70. The maximum Gasteiger partial charge on any atom is 0.177 e. The van der Waals surface area contributed by atoms with Gasteiger partial charge in [-0.2, -0.15) is 0 Å². The van der Waals surface area contributed by atoms with Gasteiger partial charge in [-0.05, 0) is 0 Å². The van der Waals surface area contributed by atoms with Crippen molar-refractivity contribution in [2.24, 2.45) is 5.41 Å². The van der Waals surface area contributed by atoms with Gasteiger partial charge in [0.05, 0.1) is 26.0 Å². The SMILES string of the molecule is CNc1cn(CC2OCC(C)(C)CO2)nn1. The van der Waals surface area contributed by atoms with E-state index in [0.717, 1.165) is 5.82 Å². The number of rotatable bonds is 3. The first-order valence-electron chi connectivity index (χ1n) is 5.40. The van der Waals surface area contributed by atoms with Gasteiger partial charge in [0, 0.05) is 12.5 Å². The predicted molar refractivity (Wildman–Crippen MR) is 59.0 cm³/mol. The van der Waals surface area contributed by atoms with E-state index in [4.69, 9.17) is 9.47 Å². The van der Waals surface area contributed by atoms with Crippen LogP contribution in [-0.4, -0.2) is 41.5 Å². The molecule has 0 aromatic carbocycles. The third-order valence-electron chi connectivity index (χ3n) is 2.45. The first-order valence-corrected chi connectivity index (χ1v) is 5.40. The fraction of sp³-hybridized carbons (Fsp3) is 0.800. The van der Waals surface area contributed by atoms with Crippen molar-refractivity contribution in [1.29, 1.82) is 0 Å². The van der Waals surface area contributed by atoms with Crippen LogP contribution in [0.4, 0.5) is 5.82 Å². The third-order valence-corrected chi connectivity index (χ3v) is 2.45. The number of anilines is 1. The maximum atomic E-state index is 5.61. The Morgan fingerprint density at radius 2 is 2.19 bits per heavy atom. The summed E-state index contributed by atoms with van der Waals surface area (Å²) in [5.41, 5.74) is 0.106. The molecule has 1 N–H and O–H groups in total. The van der Waals surface area contributed by atoms with Crippen molar-refractivity contribution in [2.75, 3.05) is 25.6 Å².